The van der Waals surface area contributed by atoms with E-state index in [1.807, 2.05) is 18.5 Å². The van der Waals surface area contributed by atoms with E-state index in [2.05, 4.69) is 6.92 Å². The Kier molecular flexibility index (Phi) is 5.64. The van der Waals surface area contributed by atoms with Crippen molar-refractivity contribution in [3.05, 3.63) is 6.54 Å². The fourth-order valence-corrected chi connectivity index (χ4v) is 0.652. The van der Waals surface area contributed by atoms with E-state index >= 15 is 0 Å². The van der Waals surface area contributed by atoms with Gasteiger partial charge in [0.15, 0.2) is 0 Å². The maximum Gasteiger partial charge on any atom is 0.104 e. The number of unbranched alkanes of at least 4 members (excludes halogenated alkanes) is 2. The molecule has 0 bridgehead atoms. The standard InChI is InChI=1S/C8H18NO/c1-4-5-6-7-9(3)8(2)10/h7-8,10H,4-6H2,1-3H3. The Morgan fingerprint density at radius 2 is 2.20 bits per heavy atom. The van der Waals surface area contributed by atoms with Gasteiger partial charge in [0.1, 0.15) is 6.23 Å². The molecule has 0 saturated carbocycles. The average Bonchev–Trinajstić information content (AvgIpc) is 1.88. The summed E-state index contributed by atoms with van der Waals surface area (Å²) in [5.41, 5.74) is 0. The number of aliphatic hydroxyl groups is 1. The van der Waals surface area contributed by atoms with Crippen molar-refractivity contribution in [1.82, 2.24) is 4.90 Å². The summed E-state index contributed by atoms with van der Waals surface area (Å²) in [7, 11) is 1.89. The van der Waals surface area contributed by atoms with E-state index in [0.717, 1.165) is 6.42 Å². The molecule has 0 aliphatic rings. The van der Waals surface area contributed by atoms with E-state index in [-0.39, 0.29) is 6.23 Å². The van der Waals surface area contributed by atoms with Gasteiger partial charge in [-0.2, -0.15) is 0 Å². The van der Waals surface area contributed by atoms with E-state index in [0.29, 0.717) is 0 Å². The van der Waals surface area contributed by atoms with E-state index in [9.17, 15) is 0 Å². The first-order valence-corrected chi connectivity index (χ1v) is 3.91. The van der Waals surface area contributed by atoms with E-state index < -0.39 is 0 Å². The van der Waals surface area contributed by atoms with Crippen LogP contribution < -0.4 is 0 Å². The molecule has 2 heteroatoms. The van der Waals surface area contributed by atoms with Gasteiger partial charge in [-0.05, 0) is 20.4 Å². The minimum absolute atomic E-state index is 0.350. The molecule has 0 amide bonds. The lowest BCUT2D eigenvalue weighted by molar-refractivity contribution is 0.0570. The quantitative estimate of drug-likeness (QED) is 0.468. The first-order valence-electron chi connectivity index (χ1n) is 3.91. The Morgan fingerprint density at radius 3 is 2.60 bits per heavy atom. The fraction of sp³-hybridized carbons (Fsp3) is 0.875. The van der Waals surface area contributed by atoms with Crippen molar-refractivity contribution in [3.63, 3.8) is 0 Å². The Morgan fingerprint density at radius 1 is 1.60 bits per heavy atom. The highest BCUT2D eigenvalue weighted by Gasteiger charge is 2.02. The molecule has 0 fully saturated rings. The highest BCUT2D eigenvalue weighted by atomic mass is 16.3. The monoisotopic (exact) mass is 144 g/mol. The molecule has 0 rings (SSSR count). The first kappa shape index (κ1) is 9.92. The summed E-state index contributed by atoms with van der Waals surface area (Å²) in [4.78, 5) is 1.83. The predicted molar refractivity (Wildman–Crippen MR) is 43.3 cm³/mol. The lowest BCUT2D eigenvalue weighted by Crippen LogP contribution is -2.25. The third-order valence-corrected chi connectivity index (χ3v) is 1.56. The summed E-state index contributed by atoms with van der Waals surface area (Å²) in [6.07, 6.45) is 3.14. The second-order valence-electron chi connectivity index (χ2n) is 2.62. The van der Waals surface area contributed by atoms with Gasteiger partial charge in [-0.1, -0.05) is 19.8 Å². The minimum Gasteiger partial charge on any atom is -0.379 e. The SMILES string of the molecule is CCCC[CH]N(C)C(C)O. The minimum atomic E-state index is -0.350. The van der Waals surface area contributed by atoms with Crippen LogP contribution in [-0.4, -0.2) is 23.3 Å². The van der Waals surface area contributed by atoms with Gasteiger partial charge >= 0.3 is 0 Å². The van der Waals surface area contributed by atoms with Crippen molar-refractivity contribution in [2.45, 2.75) is 39.3 Å². The molecule has 10 heavy (non-hydrogen) atoms. The molecule has 1 N–H and O–H groups in total. The summed E-state index contributed by atoms with van der Waals surface area (Å²) in [5, 5.41) is 9.01. The van der Waals surface area contributed by atoms with Crippen molar-refractivity contribution < 1.29 is 5.11 Å². The molecule has 1 radical (unpaired) electrons. The van der Waals surface area contributed by atoms with Gasteiger partial charge in [0.05, 0.1) is 0 Å². The number of hydrogen-bond donors (Lipinski definition) is 1. The predicted octanol–water partition coefficient (Wildman–Crippen LogP) is 1.61. The van der Waals surface area contributed by atoms with Crippen molar-refractivity contribution in [3.8, 4) is 0 Å². The van der Waals surface area contributed by atoms with Crippen LogP contribution in [0.3, 0.4) is 0 Å². The largest absolute Gasteiger partial charge is 0.379 e. The molecule has 0 aromatic carbocycles. The van der Waals surface area contributed by atoms with Crippen LogP contribution in [0.5, 0.6) is 0 Å². The number of rotatable bonds is 5. The third-order valence-electron chi connectivity index (χ3n) is 1.56. The Hall–Kier alpha value is -0.0800. The fourth-order valence-electron chi connectivity index (χ4n) is 0.652. The maximum atomic E-state index is 9.01. The number of aliphatic hydroxyl groups excluding tert-OH is 1. The van der Waals surface area contributed by atoms with E-state index in [1.165, 1.54) is 12.8 Å². The highest BCUT2D eigenvalue weighted by molar-refractivity contribution is 4.64. The van der Waals surface area contributed by atoms with Crippen LogP contribution in [0.25, 0.3) is 0 Å². The summed E-state index contributed by atoms with van der Waals surface area (Å²) in [6, 6.07) is 0. The topological polar surface area (TPSA) is 23.5 Å². The van der Waals surface area contributed by atoms with Crippen molar-refractivity contribution in [1.29, 1.82) is 0 Å². The lowest BCUT2D eigenvalue weighted by Gasteiger charge is -2.18. The van der Waals surface area contributed by atoms with Crippen molar-refractivity contribution in [2.75, 3.05) is 7.05 Å². The molecule has 1 atom stereocenters. The average molecular weight is 144 g/mol. The van der Waals surface area contributed by atoms with Gasteiger partial charge in [0.2, 0.25) is 0 Å². The first-order chi connectivity index (χ1) is 4.68. The van der Waals surface area contributed by atoms with Crippen molar-refractivity contribution in [2.24, 2.45) is 0 Å². The van der Waals surface area contributed by atoms with Gasteiger partial charge in [0, 0.05) is 6.54 Å². The van der Waals surface area contributed by atoms with Gasteiger partial charge < -0.3 is 5.11 Å². The molecule has 0 heterocycles. The summed E-state index contributed by atoms with van der Waals surface area (Å²) >= 11 is 0. The molecule has 2 nitrogen and oxygen atoms in total. The third kappa shape index (κ3) is 4.77. The lowest BCUT2D eigenvalue weighted by atomic mass is 10.2. The molecular formula is C8H18NO. The van der Waals surface area contributed by atoms with Crippen molar-refractivity contribution >= 4 is 0 Å². The molecule has 1 unspecified atom stereocenters. The molecule has 0 aliphatic carbocycles. The second kappa shape index (κ2) is 5.69. The Balaban J connectivity index is 3.13. The van der Waals surface area contributed by atoms with Crippen LogP contribution in [-0.2, 0) is 0 Å². The van der Waals surface area contributed by atoms with E-state index in [1.54, 1.807) is 6.92 Å². The molecule has 0 spiro atoms. The zero-order valence-electron chi connectivity index (χ0n) is 7.17. The van der Waals surface area contributed by atoms with Crippen LogP contribution in [0.15, 0.2) is 0 Å². The van der Waals surface area contributed by atoms with Crippen LogP contribution in [0.4, 0.5) is 0 Å². The van der Waals surface area contributed by atoms with Crippen LogP contribution in [0, 0.1) is 6.54 Å². The van der Waals surface area contributed by atoms with Gasteiger partial charge in [-0.3, -0.25) is 4.90 Å². The normalized spacial score (nSPS) is 14.1. The molecular weight excluding hydrogens is 126 g/mol. The zero-order valence-corrected chi connectivity index (χ0v) is 7.17. The smallest absolute Gasteiger partial charge is 0.104 e. The molecule has 0 saturated heterocycles. The second-order valence-corrected chi connectivity index (χ2v) is 2.62. The van der Waals surface area contributed by atoms with Gasteiger partial charge in [-0.25, -0.2) is 0 Å². The maximum absolute atomic E-state index is 9.01. The summed E-state index contributed by atoms with van der Waals surface area (Å²) < 4.78 is 0. The zero-order chi connectivity index (χ0) is 7.98. The molecule has 0 aromatic rings. The number of nitrogens with zero attached hydrogens (tertiary/aromatic N) is 1. The summed E-state index contributed by atoms with van der Waals surface area (Å²) in [5.74, 6) is 0. The van der Waals surface area contributed by atoms with Crippen LogP contribution in [0.2, 0.25) is 0 Å². The van der Waals surface area contributed by atoms with Gasteiger partial charge in [-0.15, -0.1) is 0 Å². The Bertz CT molecular complexity index is 73.7. The van der Waals surface area contributed by atoms with Crippen LogP contribution in [0.1, 0.15) is 33.1 Å². The van der Waals surface area contributed by atoms with E-state index in [4.69, 9.17) is 5.11 Å². The van der Waals surface area contributed by atoms with Crippen LogP contribution >= 0.6 is 0 Å². The highest BCUT2D eigenvalue weighted by Crippen LogP contribution is 2.02. The molecule has 0 aliphatic heterocycles. The molecule has 61 valence electrons. The Labute approximate surface area is 63.8 Å². The van der Waals surface area contributed by atoms with Gasteiger partial charge in [0.25, 0.3) is 0 Å². The molecule has 0 aromatic heterocycles. The number of hydrogen-bond acceptors (Lipinski definition) is 2. The summed E-state index contributed by atoms with van der Waals surface area (Å²) in [6.45, 7) is 5.97.